The Bertz CT molecular complexity index is 1320. The van der Waals surface area contributed by atoms with Crippen LogP contribution in [0.3, 0.4) is 0 Å². The first kappa shape index (κ1) is 22.7. The van der Waals surface area contributed by atoms with E-state index < -0.39 is 15.9 Å². The number of hydrogen-bond acceptors (Lipinski definition) is 6. The summed E-state index contributed by atoms with van der Waals surface area (Å²) in [5, 5.41) is 5.12. The summed E-state index contributed by atoms with van der Waals surface area (Å²) in [6.45, 7) is -0.244. The highest BCUT2D eigenvalue weighted by Gasteiger charge is 2.26. The minimum Gasteiger partial charge on any atom is -0.375 e. The summed E-state index contributed by atoms with van der Waals surface area (Å²) in [6.07, 6.45) is 0. The Kier molecular flexibility index (Phi) is 6.83. The fourth-order valence-corrected chi connectivity index (χ4v) is 5.24. The molecule has 3 aromatic carbocycles. The van der Waals surface area contributed by atoms with Gasteiger partial charge in [-0.1, -0.05) is 60.7 Å². The highest BCUT2D eigenvalue weighted by molar-refractivity contribution is 7.89. The van der Waals surface area contributed by atoms with E-state index in [1.807, 2.05) is 47.8 Å². The van der Waals surface area contributed by atoms with Gasteiger partial charge in [0.15, 0.2) is 5.13 Å². The van der Waals surface area contributed by atoms with Crippen LogP contribution in [0, 0.1) is 0 Å². The number of nitrogens with zero attached hydrogens (tertiary/aromatic N) is 2. The van der Waals surface area contributed by atoms with Crippen molar-refractivity contribution >= 4 is 38.1 Å². The smallest absolute Gasteiger partial charge is 0.243 e. The fraction of sp³-hybridized carbons (Fsp3) is 0.0833. The van der Waals surface area contributed by atoms with Gasteiger partial charge in [0.2, 0.25) is 15.9 Å². The van der Waals surface area contributed by atoms with Crippen molar-refractivity contribution in [2.24, 2.45) is 0 Å². The molecule has 0 unspecified atom stereocenters. The summed E-state index contributed by atoms with van der Waals surface area (Å²) in [5.74, 6) is -0.434. The van der Waals surface area contributed by atoms with Crippen molar-refractivity contribution in [3.63, 3.8) is 0 Å². The summed E-state index contributed by atoms with van der Waals surface area (Å²) in [4.78, 5) is 17.2. The van der Waals surface area contributed by atoms with Gasteiger partial charge in [-0.15, -0.1) is 11.3 Å². The maximum Gasteiger partial charge on any atom is 0.243 e. The lowest BCUT2D eigenvalue weighted by molar-refractivity contribution is -0.116. The number of hydrogen-bond donors (Lipinski definition) is 2. The molecule has 0 fully saturated rings. The highest BCUT2D eigenvalue weighted by atomic mass is 32.2. The molecule has 1 aromatic heterocycles. The first-order valence-electron chi connectivity index (χ1n) is 10.1. The number of amides is 1. The summed E-state index contributed by atoms with van der Waals surface area (Å²) >= 11 is 1.36. The highest BCUT2D eigenvalue weighted by Crippen LogP contribution is 2.24. The number of nitrogens with two attached hydrogens (primary N) is 1. The molecule has 168 valence electrons. The van der Waals surface area contributed by atoms with Crippen molar-refractivity contribution in [3.05, 3.63) is 95.9 Å². The number of carbonyl (C=O) groups is 1. The first-order valence-corrected chi connectivity index (χ1v) is 12.4. The van der Waals surface area contributed by atoms with Crippen molar-refractivity contribution < 1.29 is 13.2 Å². The Morgan fingerprint density at radius 1 is 0.939 bits per heavy atom. The molecular formula is C24H22N4O3S2. The van der Waals surface area contributed by atoms with E-state index in [4.69, 9.17) is 5.73 Å². The van der Waals surface area contributed by atoms with Gasteiger partial charge in [0.1, 0.15) is 0 Å². The van der Waals surface area contributed by atoms with Crippen LogP contribution in [0.15, 0.2) is 95.2 Å². The molecule has 0 bridgehead atoms. The third-order valence-corrected chi connectivity index (χ3v) is 7.37. The SMILES string of the molecule is Nc1nc(-c2ccc(NC(=O)CN(Cc3ccccc3)S(=O)(=O)c3ccccc3)cc2)cs1. The molecular weight excluding hydrogens is 456 g/mol. The standard InChI is InChI=1S/C24H22N4O3S2/c25-24-27-22(17-32-24)19-11-13-20(14-12-19)26-23(29)16-28(15-18-7-3-1-4-8-18)33(30,31)21-9-5-2-6-10-21/h1-14,17H,15-16H2,(H2,25,27)(H,26,29). The van der Waals surface area contributed by atoms with Gasteiger partial charge in [-0.2, -0.15) is 4.31 Å². The van der Waals surface area contributed by atoms with Crippen molar-refractivity contribution in [2.45, 2.75) is 11.4 Å². The van der Waals surface area contributed by atoms with Crippen LogP contribution in [-0.4, -0.2) is 30.2 Å². The lowest BCUT2D eigenvalue weighted by Gasteiger charge is -2.22. The molecule has 0 aliphatic heterocycles. The molecule has 4 aromatic rings. The Hall–Kier alpha value is -3.53. The number of carbonyl (C=O) groups excluding carboxylic acids is 1. The molecule has 0 spiro atoms. The van der Waals surface area contributed by atoms with Gasteiger partial charge in [-0.3, -0.25) is 4.79 Å². The summed E-state index contributed by atoms with van der Waals surface area (Å²) < 4.78 is 27.7. The summed E-state index contributed by atoms with van der Waals surface area (Å²) in [5.41, 5.74) is 8.67. The molecule has 1 amide bonds. The van der Waals surface area contributed by atoms with Crippen LogP contribution in [0.5, 0.6) is 0 Å². The van der Waals surface area contributed by atoms with Gasteiger partial charge < -0.3 is 11.1 Å². The summed E-state index contributed by atoms with van der Waals surface area (Å²) in [6, 6.07) is 24.4. The van der Waals surface area contributed by atoms with E-state index in [0.717, 1.165) is 16.8 Å². The Morgan fingerprint density at radius 3 is 2.18 bits per heavy atom. The maximum atomic E-state index is 13.3. The normalized spacial score (nSPS) is 11.4. The van der Waals surface area contributed by atoms with Gasteiger partial charge in [0.25, 0.3) is 0 Å². The van der Waals surface area contributed by atoms with Gasteiger partial charge in [-0.05, 0) is 29.8 Å². The fourth-order valence-electron chi connectivity index (χ4n) is 3.26. The van der Waals surface area contributed by atoms with E-state index in [9.17, 15) is 13.2 Å². The minimum absolute atomic E-state index is 0.0790. The summed E-state index contributed by atoms with van der Waals surface area (Å²) in [7, 11) is -3.87. The largest absolute Gasteiger partial charge is 0.375 e. The van der Waals surface area contributed by atoms with Crippen molar-refractivity contribution in [1.29, 1.82) is 0 Å². The Morgan fingerprint density at radius 2 is 1.58 bits per heavy atom. The van der Waals surface area contributed by atoms with Crippen LogP contribution in [0.25, 0.3) is 11.3 Å². The number of benzene rings is 3. The molecule has 9 heteroatoms. The molecule has 0 atom stereocenters. The number of nitrogens with one attached hydrogen (secondary N) is 1. The predicted octanol–water partition coefficient (Wildman–Crippen LogP) is 4.22. The molecule has 0 radical (unpaired) electrons. The van der Waals surface area contributed by atoms with Crippen molar-refractivity contribution in [3.8, 4) is 11.3 Å². The lowest BCUT2D eigenvalue weighted by atomic mass is 10.1. The average molecular weight is 479 g/mol. The Balaban J connectivity index is 1.51. The van der Waals surface area contributed by atoms with Crippen molar-refractivity contribution in [2.75, 3.05) is 17.6 Å². The van der Waals surface area contributed by atoms with Crippen LogP contribution in [-0.2, 0) is 21.4 Å². The third-order valence-electron chi connectivity index (χ3n) is 4.89. The monoisotopic (exact) mass is 478 g/mol. The quantitative estimate of drug-likeness (QED) is 0.394. The number of rotatable bonds is 8. The zero-order valence-electron chi connectivity index (χ0n) is 17.6. The second kappa shape index (κ2) is 9.95. The van der Waals surface area contributed by atoms with Gasteiger partial charge in [0, 0.05) is 23.2 Å². The van der Waals surface area contributed by atoms with Crippen LogP contribution in [0.4, 0.5) is 10.8 Å². The molecule has 33 heavy (non-hydrogen) atoms. The van der Waals surface area contributed by atoms with E-state index in [-0.39, 0.29) is 18.0 Å². The van der Waals surface area contributed by atoms with Gasteiger partial charge in [-0.25, -0.2) is 13.4 Å². The predicted molar refractivity (Wildman–Crippen MR) is 131 cm³/mol. The average Bonchev–Trinajstić information content (AvgIpc) is 3.26. The van der Waals surface area contributed by atoms with Crippen LogP contribution in [0.1, 0.15) is 5.56 Å². The van der Waals surface area contributed by atoms with E-state index in [1.54, 1.807) is 30.3 Å². The minimum atomic E-state index is -3.87. The number of sulfonamides is 1. The lowest BCUT2D eigenvalue weighted by Crippen LogP contribution is -2.37. The number of nitrogen functional groups attached to an aromatic ring is 1. The number of thiazole rings is 1. The molecule has 7 nitrogen and oxygen atoms in total. The molecule has 1 heterocycles. The van der Waals surface area contributed by atoms with Crippen LogP contribution in [0.2, 0.25) is 0 Å². The van der Waals surface area contributed by atoms with Gasteiger partial charge >= 0.3 is 0 Å². The van der Waals surface area contributed by atoms with E-state index in [0.29, 0.717) is 10.8 Å². The topological polar surface area (TPSA) is 105 Å². The van der Waals surface area contributed by atoms with Crippen LogP contribution >= 0.6 is 11.3 Å². The second-order valence-corrected chi connectivity index (χ2v) is 10.1. The molecule has 0 aliphatic carbocycles. The molecule has 0 saturated carbocycles. The maximum absolute atomic E-state index is 13.3. The molecule has 3 N–H and O–H groups in total. The third kappa shape index (κ3) is 5.64. The number of anilines is 2. The number of aromatic nitrogens is 1. The molecule has 0 saturated heterocycles. The second-order valence-electron chi connectivity index (χ2n) is 7.27. The molecule has 4 rings (SSSR count). The Labute approximate surface area is 196 Å². The first-order chi connectivity index (χ1) is 15.9. The van der Waals surface area contributed by atoms with E-state index >= 15 is 0 Å². The van der Waals surface area contributed by atoms with E-state index in [2.05, 4.69) is 10.3 Å². The molecule has 0 aliphatic rings. The zero-order valence-corrected chi connectivity index (χ0v) is 19.2. The van der Waals surface area contributed by atoms with E-state index in [1.165, 1.54) is 27.8 Å². The zero-order chi connectivity index (χ0) is 23.3. The van der Waals surface area contributed by atoms with Crippen molar-refractivity contribution in [1.82, 2.24) is 9.29 Å². The van der Waals surface area contributed by atoms with Crippen LogP contribution < -0.4 is 11.1 Å². The van der Waals surface area contributed by atoms with Gasteiger partial charge in [0.05, 0.1) is 17.1 Å².